The second-order valence-corrected chi connectivity index (χ2v) is 6.62. The minimum atomic E-state index is -0.0676. The van der Waals surface area contributed by atoms with Gasteiger partial charge in [0.15, 0.2) is 0 Å². The molecule has 2 amide bonds. The van der Waals surface area contributed by atoms with Crippen molar-refractivity contribution in [1.82, 2.24) is 10.2 Å². The zero-order valence-electron chi connectivity index (χ0n) is 13.9. The number of carbonyl (C=O) groups is 2. The van der Waals surface area contributed by atoms with Crippen molar-refractivity contribution in [2.24, 2.45) is 0 Å². The van der Waals surface area contributed by atoms with Crippen molar-refractivity contribution in [2.75, 3.05) is 7.05 Å². The van der Waals surface area contributed by atoms with Crippen LogP contribution in [0.1, 0.15) is 43.2 Å². The third-order valence-electron chi connectivity index (χ3n) is 4.92. The lowest BCUT2D eigenvalue weighted by molar-refractivity contribution is -0.128. The van der Waals surface area contributed by atoms with Gasteiger partial charge in [0.25, 0.3) is 5.91 Å². The van der Waals surface area contributed by atoms with Crippen LogP contribution in [0.2, 0.25) is 0 Å². The van der Waals surface area contributed by atoms with E-state index >= 15 is 0 Å². The molecule has 0 spiro atoms. The van der Waals surface area contributed by atoms with Crippen LogP contribution in [0.5, 0.6) is 0 Å². The highest BCUT2D eigenvalue weighted by Crippen LogP contribution is 2.36. The minimum Gasteiger partial charge on any atom is -0.352 e. The van der Waals surface area contributed by atoms with Crippen LogP contribution in [0.15, 0.2) is 35.4 Å². The molecule has 4 nitrogen and oxygen atoms in total. The van der Waals surface area contributed by atoms with Crippen LogP contribution in [0, 0.1) is 6.92 Å². The van der Waals surface area contributed by atoms with Gasteiger partial charge in [-0.25, -0.2) is 0 Å². The first-order valence-corrected chi connectivity index (χ1v) is 8.37. The molecule has 1 aromatic carbocycles. The Labute approximate surface area is 137 Å². The topological polar surface area (TPSA) is 49.4 Å². The van der Waals surface area contributed by atoms with E-state index in [1.807, 2.05) is 37.1 Å². The summed E-state index contributed by atoms with van der Waals surface area (Å²) in [6.07, 6.45) is 4.49. The molecule has 0 saturated heterocycles. The Balaban J connectivity index is 1.64. The van der Waals surface area contributed by atoms with Gasteiger partial charge in [0.05, 0.1) is 12.5 Å². The molecule has 1 atom stereocenters. The maximum atomic E-state index is 12.4. The number of amides is 2. The third-order valence-corrected chi connectivity index (χ3v) is 4.92. The SMILES string of the molecule is Cc1cccc(CNC(=O)CC2=C3CCCCC3N(C)C2=O)c1. The number of fused-ring (bicyclic) bond motifs is 1. The molecule has 23 heavy (non-hydrogen) atoms. The van der Waals surface area contributed by atoms with Crippen molar-refractivity contribution in [3.8, 4) is 0 Å². The smallest absolute Gasteiger partial charge is 0.250 e. The van der Waals surface area contributed by atoms with Gasteiger partial charge < -0.3 is 10.2 Å². The molecule has 1 unspecified atom stereocenters. The monoisotopic (exact) mass is 312 g/mol. The van der Waals surface area contributed by atoms with Crippen LogP contribution in [-0.4, -0.2) is 29.8 Å². The van der Waals surface area contributed by atoms with Crippen LogP contribution < -0.4 is 5.32 Å². The summed E-state index contributed by atoms with van der Waals surface area (Å²) in [5.41, 5.74) is 4.20. The summed E-state index contributed by atoms with van der Waals surface area (Å²) < 4.78 is 0. The Hall–Kier alpha value is -2.10. The van der Waals surface area contributed by atoms with Gasteiger partial charge in [0.2, 0.25) is 5.91 Å². The summed E-state index contributed by atoms with van der Waals surface area (Å²) in [4.78, 5) is 26.5. The molecule has 2 aliphatic rings. The molecule has 0 aromatic heterocycles. The van der Waals surface area contributed by atoms with Crippen LogP contribution in [0.3, 0.4) is 0 Å². The summed E-state index contributed by atoms with van der Waals surface area (Å²) in [6.45, 7) is 2.55. The highest BCUT2D eigenvalue weighted by molar-refractivity contribution is 6.02. The van der Waals surface area contributed by atoms with Crippen LogP contribution >= 0.6 is 0 Å². The molecule has 1 fully saturated rings. The van der Waals surface area contributed by atoms with Crippen LogP contribution in [0.4, 0.5) is 0 Å². The maximum Gasteiger partial charge on any atom is 0.250 e. The van der Waals surface area contributed by atoms with Crippen LogP contribution in [0.25, 0.3) is 0 Å². The Kier molecular flexibility index (Phi) is 4.51. The largest absolute Gasteiger partial charge is 0.352 e. The molecule has 1 N–H and O–H groups in total. The summed E-state index contributed by atoms with van der Waals surface area (Å²) in [6, 6.07) is 8.32. The van der Waals surface area contributed by atoms with Gasteiger partial charge in [-0.1, -0.05) is 36.2 Å². The average molecular weight is 312 g/mol. The normalized spacial score (nSPS) is 20.7. The van der Waals surface area contributed by atoms with Crippen molar-refractivity contribution in [3.63, 3.8) is 0 Å². The highest BCUT2D eigenvalue weighted by atomic mass is 16.2. The van der Waals surface area contributed by atoms with Gasteiger partial charge in [-0.15, -0.1) is 0 Å². The Bertz CT molecular complexity index is 663. The summed E-state index contributed by atoms with van der Waals surface area (Å²) in [5.74, 6) is -0.0282. The zero-order chi connectivity index (χ0) is 16.4. The van der Waals surface area contributed by atoms with E-state index in [0.717, 1.165) is 30.4 Å². The predicted octanol–water partition coefficient (Wildman–Crippen LogP) is 2.71. The molecule has 1 aromatic rings. The number of rotatable bonds is 4. The van der Waals surface area contributed by atoms with Crippen molar-refractivity contribution in [1.29, 1.82) is 0 Å². The number of carbonyl (C=O) groups excluding carboxylic acids is 2. The number of benzene rings is 1. The van der Waals surface area contributed by atoms with Gasteiger partial charge in [0, 0.05) is 19.2 Å². The Morgan fingerprint density at radius 3 is 2.96 bits per heavy atom. The molecule has 4 heteroatoms. The second kappa shape index (κ2) is 6.57. The number of aryl methyl sites for hydroxylation is 1. The molecule has 0 radical (unpaired) electrons. The van der Waals surface area contributed by atoms with Gasteiger partial charge >= 0.3 is 0 Å². The zero-order valence-corrected chi connectivity index (χ0v) is 13.9. The van der Waals surface area contributed by atoms with E-state index in [-0.39, 0.29) is 24.3 Å². The Morgan fingerprint density at radius 2 is 2.17 bits per heavy atom. The molecule has 122 valence electrons. The lowest BCUT2D eigenvalue weighted by Crippen LogP contribution is -2.33. The van der Waals surface area contributed by atoms with Crippen LogP contribution in [-0.2, 0) is 16.1 Å². The van der Waals surface area contributed by atoms with Crippen molar-refractivity contribution in [3.05, 3.63) is 46.5 Å². The fourth-order valence-corrected chi connectivity index (χ4v) is 3.70. The number of nitrogens with zero attached hydrogens (tertiary/aromatic N) is 1. The van der Waals surface area contributed by atoms with Crippen molar-refractivity contribution < 1.29 is 9.59 Å². The second-order valence-electron chi connectivity index (χ2n) is 6.62. The minimum absolute atomic E-state index is 0.0394. The van der Waals surface area contributed by atoms with Crippen molar-refractivity contribution >= 4 is 11.8 Å². The molecular formula is C19H24N2O2. The molecule has 1 saturated carbocycles. The Morgan fingerprint density at radius 1 is 1.35 bits per heavy atom. The molecule has 1 aliphatic heterocycles. The number of hydrogen-bond donors (Lipinski definition) is 1. The first-order chi connectivity index (χ1) is 11.1. The predicted molar refractivity (Wildman–Crippen MR) is 89.7 cm³/mol. The fourth-order valence-electron chi connectivity index (χ4n) is 3.70. The molecule has 0 bridgehead atoms. The number of likely N-dealkylation sites (N-methyl/N-ethyl adjacent to an activating group) is 1. The molecule has 1 heterocycles. The maximum absolute atomic E-state index is 12.4. The van der Waals surface area contributed by atoms with Gasteiger partial charge in [-0.2, -0.15) is 0 Å². The van der Waals surface area contributed by atoms with E-state index in [1.54, 1.807) is 0 Å². The summed E-state index contributed by atoms with van der Waals surface area (Å²) in [7, 11) is 1.86. The number of nitrogens with one attached hydrogen (secondary N) is 1. The van der Waals surface area contributed by atoms with E-state index < -0.39 is 0 Å². The fraction of sp³-hybridized carbons (Fsp3) is 0.474. The lowest BCUT2D eigenvalue weighted by Gasteiger charge is -2.26. The van der Waals surface area contributed by atoms with E-state index in [1.165, 1.54) is 17.6 Å². The first-order valence-electron chi connectivity index (χ1n) is 8.37. The molecule has 3 rings (SSSR count). The van der Waals surface area contributed by atoms with E-state index in [4.69, 9.17) is 0 Å². The van der Waals surface area contributed by atoms with Gasteiger partial charge in [0.1, 0.15) is 0 Å². The van der Waals surface area contributed by atoms with E-state index in [2.05, 4.69) is 11.4 Å². The first kappa shape index (κ1) is 15.8. The standard InChI is InChI=1S/C19H24N2O2/c1-13-6-5-7-14(10-13)12-20-18(22)11-16-15-8-3-4-9-17(15)21(2)19(16)23/h5-7,10,17H,3-4,8-9,11-12H2,1-2H3,(H,20,22). The lowest BCUT2D eigenvalue weighted by atomic mass is 9.88. The van der Waals surface area contributed by atoms with Gasteiger partial charge in [-0.3, -0.25) is 9.59 Å². The van der Waals surface area contributed by atoms with E-state index in [0.29, 0.717) is 6.54 Å². The summed E-state index contributed by atoms with van der Waals surface area (Å²) >= 11 is 0. The third kappa shape index (κ3) is 3.31. The summed E-state index contributed by atoms with van der Waals surface area (Å²) in [5, 5.41) is 2.94. The highest BCUT2D eigenvalue weighted by Gasteiger charge is 2.38. The average Bonchev–Trinajstić information content (AvgIpc) is 2.79. The van der Waals surface area contributed by atoms with Gasteiger partial charge in [-0.05, 0) is 37.3 Å². The number of hydrogen-bond acceptors (Lipinski definition) is 2. The quantitative estimate of drug-likeness (QED) is 0.929. The van der Waals surface area contributed by atoms with E-state index in [9.17, 15) is 9.59 Å². The van der Waals surface area contributed by atoms with Crippen molar-refractivity contribution in [2.45, 2.75) is 51.6 Å². The molecular weight excluding hydrogens is 288 g/mol. The molecule has 1 aliphatic carbocycles.